The van der Waals surface area contributed by atoms with Gasteiger partial charge in [0.15, 0.2) is 0 Å². The van der Waals surface area contributed by atoms with Crippen molar-refractivity contribution >= 4 is 0 Å². The minimum absolute atomic E-state index is 0.550. The molecule has 1 saturated carbocycles. The fraction of sp³-hybridized carbons (Fsp3) is 1.00. The lowest BCUT2D eigenvalue weighted by atomic mass is 9.91. The zero-order chi connectivity index (χ0) is 12.5. The number of likely N-dealkylation sites (tertiary alicyclic amines) is 1. The van der Waals surface area contributed by atoms with Gasteiger partial charge < -0.3 is 5.32 Å². The molecule has 100 valence electrons. The van der Waals surface area contributed by atoms with Crippen LogP contribution in [-0.2, 0) is 0 Å². The summed E-state index contributed by atoms with van der Waals surface area (Å²) in [6.07, 6.45) is 5.53. The average Bonchev–Trinajstić information content (AvgIpc) is 2.82. The average molecular weight is 238 g/mol. The lowest BCUT2D eigenvalue weighted by Gasteiger charge is -2.27. The summed E-state index contributed by atoms with van der Waals surface area (Å²) in [5, 5.41) is 3.82. The Morgan fingerprint density at radius 3 is 2.41 bits per heavy atom. The Hall–Kier alpha value is -0.0800. The van der Waals surface area contributed by atoms with Crippen molar-refractivity contribution in [1.82, 2.24) is 10.2 Å². The second-order valence-corrected chi connectivity index (χ2v) is 7.16. The normalized spacial score (nSPS) is 35.3. The summed E-state index contributed by atoms with van der Waals surface area (Å²) in [5.41, 5.74) is 0.550. The Morgan fingerprint density at radius 1 is 1.24 bits per heavy atom. The van der Waals surface area contributed by atoms with E-state index in [2.05, 4.69) is 37.9 Å². The maximum Gasteiger partial charge on any atom is 0.0192 e. The van der Waals surface area contributed by atoms with Crippen LogP contribution in [0.3, 0.4) is 0 Å². The lowest BCUT2D eigenvalue weighted by molar-refractivity contribution is 0.239. The van der Waals surface area contributed by atoms with Crippen LogP contribution in [0.1, 0.15) is 53.4 Å². The van der Waals surface area contributed by atoms with Crippen molar-refractivity contribution in [2.24, 2.45) is 11.3 Å². The maximum atomic E-state index is 3.82. The Labute approximate surface area is 107 Å². The van der Waals surface area contributed by atoms with Crippen molar-refractivity contribution in [2.75, 3.05) is 19.6 Å². The van der Waals surface area contributed by atoms with Gasteiger partial charge in [0.25, 0.3) is 0 Å². The molecule has 0 aromatic carbocycles. The summed E-state index contributed by atoms with van der Waals surface area (Å²) in [6, 6.07) is 1.46. The molecule has 3 unspecified atom stereocenters. The maximum absolute atomic E-state index is 3.82. The second kappa shape index (κ2) is 5.27. The summed E-state index contributed by atoms with van der Waals surface area (Å²) in [5.74, 6) is 0.843. The molecule has 2 nitrogen and oxygen atoms in total. The molecule has 2 fully saturated rings. The van der Waals surface area contributed by atoms with E-state index in [1.807, 2.05) is 0 Å². The van der Waals surface area contributed by atoms with Crippen LogP contribution in [0.15, 0.2) is 0 Å². The van der Waals surface area contributed by atoms with Crippen molar-refractivity contribution < 1.29 is 0 Å². The molecule has 2 aliphatic rings. The monoisotopic (exact) mass is 238 g/mol. The molecule has 1 aliphatic heterocycles. The van der Waals surface area contributed by atoms with Crippen molar-refractivity contribution in [3.63, 3.8) is 0 Å². The van der Waals surface area contributed by atoms with E-state index in [-0.39, 0.29) is 0 Å². The topological polar surface area (TPSA) is 15.3 Å². The van der Waals surface area contributed by atoms with Crippen molar-refractivity contribution in [1.29, 1.82) is 0 Å². The molecule has 0 amide bonds. The van der Waals surface area contributed by atoms with Crippen LogP contribution >= 0.6 is 0 Å². The van der Waals surface area contributed by atoms with Gasteiger partial charge in [0, 0.05) is 18.6 Å². The minimum Gasteiger partial charge on any atom is -0.312 e. The zero-order valence-corrected chi connectivity index (χ0v) is 12.1. The van der Waals surface area contributed by atoms with E-state index in [0.29, 0.717) is 11.5 Å². The number of hydrogen-bond donors (Lipinski definition) is 1. The Morgan fingerprint density at radius 2 is 1.88 bits per heavy atom. The van der Waals surface area contributed by atoms with Gasteiger partial charge in [0.05, 0.1) is 0 Å². The second-order valence-electron chi connectivity index (χ2n) is 7.16. The van der Waals surface area contributed by atoms with Gasteiger partial charge in [0.2, 0.25) is 0 Å². The fourth-order valence-electron chi connectivity index (χ4n) is 3.80. The van der Waals surface area contributed by atoms with E-state index in [0.717, 1.165) is 12.0 Å². The third-order valence-corrected chi connectivity index (χ3v) is 4.77. The van der Waals surface area contributed by atoms with Crippen LogP contribution in [0.25, 0.3) is 0 Å². The molecule has 2 heteroatoms. The first-order valence-corrected chi connectivity index (χ1v) is 7.45. The summed E-state index contributed by atoms with van der Waals surface area (Å²) in [7, 11) is 0. The number of nitrogens with one attached hydrogen (secondary N) is 1. The molecular weight excluding hydrogens is 208 g/mol. The van der Waals surface area contributed by atoms with E-state index in [1.165, 1.54) is 45.3 Å². The van der Waals surface area contributed by atoms with E-state index in [9.17, 15) is 0 Å². The highest BCUT2D eigenvalue weighted by Gasteiger charge is 2.36. The SMILES string of the molecule is CC1CC(C)(C)CC1NCC(C)N1CCCC1. The Kier molecular flexibility index (Phi) is 4.14. The summed E-state index contributed by atoms with van der Waals surface area (Å²) >= 11 is 0. The van der Waals surface area contributed by atoms with Crippen molar-refractivity contribution in [2.45, 2.75) is 65.5 Å². The van der Waals surface area contributed by atoms with E-state index in [1.54, 1.807) is 0 Å². The molecule has 2 rings (SSSR count). The number of hydrogen-bond acceptors (Lipinski definition) is 2. The largest absolute Gasteiger partial charge is 0.312 e. The minimum atomic E-state index is 0.550. The molecule has 1 saturated heterocycles. The first-order chi connectivity index (χ1) is 7.98. The van der Waals surface area contributed by atoms with Gasteiger partial charge >= 0.3 is 0 Å². The third-order valence-electron chi connectivity index (χ3n) is 4.77. The van der Waals surface area contributed by atoms with Crippen LogP contribution in [0.5, 0.6) is 0 Å². The van der Waals surface area contributed by atoms with Gasteiger partial charge in [-0.3, -0.25) is 4.90 Å². The van der Waals surface area contributed by atoms with Crippen molar-refractivity contribution in [3.8, 4) is 0 Å². The third kappa shape index (κ3) is 3.45. The van der Waals surface area contributed by atoms with E-state index in [4.69, 9.17) is 0 Å². The van der Waals surface area contributed by atoms with Crippen LogP contribution in [0.2, 0.25) is 0 Å². The van der Waals surface area contributed by atoms with Gasteiger partial charge in [-0.15, -0.1) is 0 Å². The highest BCUT2D eigenvalue weighted by molar-refractivity contribution is 4.91. The molecule has 17 heavy (non-hydrogen) atoms. The molecule has 3 atom stereocenters. The zero-order valence-electron chi connectivity index (χ0n) is 12.1. The molecule has 0 aromatic rings. The Balaban J connectivity index is 1.74. The molecule has 0 aromatic heterocycles. The van der Waals surface area contributed by atoms with Gasteiger partial charge in [-0.2, -0.15) is 0 Å². The fourth-order valence-corrected chi connectivity index (χ4v) is 3.80. The molecule has 1 aliphatic carbocycles. The first-order valence-electron chi connectivity index (χ1n) is 7.45. The molecule has 1 heterocycles. The number of rotatable bonds is 4. The molecular formula is C15H30N2. The van der Waals surface area contributed by atoms with Crippen LogP contribution in [-0.4, -0.2) is 36.6 Å². The van der Waals surface area contributed by atoms with Gasteiger partial charge in [-0.1, -0.05) is 20.8 Å². The standard InChI is InChI=1S/C15H30N2/c1-12-9-15(3,4)10-14(12)16-11-13(2)17-7-5-6-8-17/h12-14,16H,5-11H2,1-4H3. The van der Waals surface area contributed by atoms with Crippen LogP contribution < -0.4 is 5.32 Å². The molecule has 0 bridgehead atoms. The van der Waals surface area contributed by atoms with Crippen molar-refractivity contribution in [3.05, 3.63) is 0 Å². The van der Waals surface area contributed by atoms with Gasteiger partial charge in [-0.05, 0) is 57.0 Å². The van der Waals surface area contributed by atoms with Gasteiger partial charge in [-0.25, -0.2) is 0 Å². The lowest BCUT2D eigenvalue weighted by Crippen LogP contribution is -2.43. The van der Waals surface area contributed by atoms with E-state index < -0.39 is 0 Å². The molecule has 0 spiro atoms. The van der Waals surface area contributed by atoms with Gasteiger partial charge in [0.1, 0.15) is 0 Å². The Bertz CT molecular complexity index is 243. The van der Waals surface area contributed by atoms with E-state index >= 15 is 0 Å². The highest BCUT2D eigenvalue weighted by atomic mass is 15.2. The highest BCUT2D eigenvalue weighted by Crippen LogP contribution is 2.40. The summed E-state index contributed by atoms with van der Waals surface area (Å²) in [6.45, 7) is 13.4. The molecule has 1 N–H and O–H groups in total. The number of nitrogens with zero attached hydrogens (tertiary/aromatic N) is 1. The first kappa shape index (κ1) is 13.4. The predicted octanol–water partition coefficient (Wildman–Crippen LogP) is 2.89. The van der Waals surface area contributed by atoms with Crippen LogP contribution in [0.4, 0.5) is 0 Å². The smallest absolute Gasteiger partial charge is 0.0192 e. The quantitative estimate of drug-likeness (QED) is 0.810. The molecule has 0 radical (unpaired) electrons. The summed E-state index contributed by atoms with van der Waals surface area (Å²) in [4.78, 5) is 2.64. The summed E-state index contributed by atoms with van der Waals surface area (Å²) < 4.78 is 0. The predicted molar refractivity (Wildman–Crippen MR) is 74.2 cm³/mol. The van der Waals surface area contributed by atoms with Crippen LogP contribution in [0, 0.1) is 11.3 Å².